The number of aromatic nitrogens is 1. The number of pyridine rings is 1. The average Bonchev–Trinajstić information content (AvgIpc) is 2.17. The van der Waals surface area contributed by atoms with E-state index >= 15 is 0 Å². The van der Waals surface area contributed by atoms with Gasteiger partial charge in [-0.15, -0.1) is 0 Å². The van der Waals surface area contributed by atoms with Gasteiger partial charge >= 0.3 is 0 Å². The van der Waals surface area contributed by atoms with Gasteiger partial charge in [-0.05, 0) is 50.1 Å². The molecular weight excluding hydrogens is 341 g/mol. The summed E-state index contributed by atoms with van der Waals surface area (Å²) >= 11 is 12.8. The highest BCUT2D eigenvalue weighted by molar-refractivity contribution is 9.11. The molecule has 1 nitrogen and oxygen atoms in total. The monoisotopic (exact) mass is 345 g/mol. The molecule has 0 aliphatic carbocycles. The lowest BCUT2D eigenvalue weighted by molar-refractivity contribution is 1.29. The Labute approximate surface area is 110 Å². The van der Waals surface area contributed by atoms with Gasteiger partial charge in [0.05, 0.1) is 5.69 Å². The zero-order valence-corrected chi connectivity index (χ0v) is 11.5. The number of nitrogens with zero attached hydrogens (tertiary/aromatic N) is 1. The van der Waals surface area contributed by atoms with Crippen LogP contribution in [0.2, 0.25) is 5.02 Å². The molecule has 1 aromatic carbocycles. The van der Waals surface area contributed by atoms with Gasteiger partial charge in [0, 0.05) is 25.7 Å². The summed E-state index contributed by atoms with van der Waals surface area (Å²) in [6.45, 7) is 0. The molecule has 0 bridgehead atoms. The number of halogens is 3. The summed E-state index contributed by atoms with van der Waals surface area (Å²) in [7, 11) is 0. The quantitative estimate of drug-likeness (QED) is 0.713. The molecule has 1 heterocycles. The third kappa shape index (κ3) is 2.60. The van der Waals surface area contributed by atoms with Crippen LogP contribution < -0.4 is 0 Å². The Kier molecular flexibility index (Phi) is 3.44. The topological polar surface area (TPSA) is 12.9 Å². The molecule has 0 radical (unpaired) electrons. The van der Waals surface area contributed by atoms with Crippen molar-refractivity contribution in [2.45, 2.75) is 0 Å². The first-order valence-electron chi connectivity index (χ1n) is 4.24. The van der Waals surface area contributed by atoms with Crippen molar-refractivity contribution >= 4 is 43.5 Å². The van der Waals surface area contributed by atoms with Gasteiger partial charge in [-0.3, -0.25) is 4.98 Å². The van der Waals surface area contributed by atoms with E-state index in [9.17, 15) is 0 Å². The first kappa shape index (κ1) is 11.1. The van der Waals surface area contributed by atoms with Crippen LogP contribution in [0.15, 0.2) is 45.5 Å². The summed E-state index contributed by atoms with van der Waals surface area (Å²) in [4.78, 5) is 4.34. The predicted molar refractivity (Wildman–Crippen MR) is 70.1 cm³/mol. The molecular formula is C11H6Br2ClN. The van der Waals surface area contributed by atoms with Crippen LogP contribution in [0.25, 0.3) is 11.3 Å². The molecule has 15 heavy (non-hydrogen) atoms. The highest BCUT2D eigenvalue weighted by Crippen LogP contribution is 2.29. The van der Waals surface area contributed by atoms with Gasteiger partial charge in [0.25, 0.3) is 0 Å². The first-order chi connectivity index (χ1) is 7.16. The lowest BCUT2D eigenvalue weighted by Gasteiger charge is -2.04. The normalized spacial score (nSPS) is 10.3. The van der Waals surface area contributed by atoms with Crippen LogP contribution in [-0.4, -0.2) is 4.98 Å². The molecule has 0 unspecified atom stereocenters. The van der Waals surface area contributed by atoms with Crippen molar-refractivity contribution in [2.75, 3.05) is 0 Å². The molecule has 0 saturated heterocycles. The Bertz CT molecular complexity index is 500. The molecule has 0 aliphatic rings. The minimum absolute atomic E-state index is 0.712. The van der Waals surface area contributed by atoms with E-state index < -0.39 is 0 Å². The lowest BCUT2D eigenvalue weighted by atomic mass is 10.1. The fourth-order valence-electron chi connectivity index (χ4n) is 1.26. The van der Waals surface area contributed by atoms with Gasteiger partial charge in [-0.2, -0.15) is 0 Å². The van der Waals surface area contributed by atoms with Crippen molar-refractivity contribution in [2.24, 2.45) is 0 Å². The Morgan fingerprint density at radius 3 is 2.60 bits per heavy atom. The molecule has 0 amide bonds. The second kappa shape index (κ2) is 4.64. The Balaban J connectivity index is 2.54. The van der Waals surface area contributed by atoms with E-state index in [0.717, 1.165) is 20.2 Å². The highest BCUT2D eigenvalue weighted by Gasteiger charge is 2.05. The van der Waals surface area contributed by atoms with E-state index in [0.29, 0.717) is 5.02 Å². The molecule has 1 aromatic heterocycles. The van der Waals surface area contributed by atoms with Crippen molar-refractivity contribution in [3.63, 3.8) is 0 Å². The van der Waals surface area contributed by atoms with Gasteiger partial charge in [-0.25, -0.2) is 0 Å². The molecule has 0 aliphatic heterocycles. The van der Waals surface area contributed by atoms with Crippen LogP contribution in [-0.2, 0) is 0 Å². The SMILES string of the molecule is Clc1cccc(-c2ncc(Br)cc2Br)c1. The van der Waals surface area contributed by atoms with Gasteiger partial charge in [0.2, 0.25) is 0 Å². The maximum Gasteiger partial charge on any atom is 0.0845 e. The smallest absolute Gasteiger partial charge is 0.0845 e. The van der Waals surface area contributed by atoms with Crippen LogP contribution in [0.5, 0.6) is 0 Å². The van der Waals surface area contributed by atoms with Gasteiger partial charge < -0.3 is 0 Å². The van der Waals surface area contributed by atoms with Crippen molar-refractivity contribution in [3.8, 4) is 11.3 Å². The predicted octanol–water partition coefficient (Wildman–Crippen LogP) is 4.93. The number of hydrogen-bond acceptors (Lipinski definition) is 1. The standard InChI is InChI=1S/C11H6Br2ClN/c12-8-5-10(13)11(15-6-8)7-2-1-3-9(14)4-7/h1-6H. The maximum atomic E-state index is 5.93. The minimum Gasteiger partial charge on any atom is -0.254 e. The number of benzene rings is 1. The van der Waals surface area contributed by atoms with Crippen molar-refractivity contribution in [3.05, 3.63) is 50.5 Å². The molecule has 2 rings (SSSR count). The molecule has 2 aromatic rings. The second-order valence-electron chi connectivity index (χ2n) is 2.99. The van der Waals surface area contributed by atoms with E-state index in [4.69, 9.17) is 11.6 Å². The average molecular weight is 347 g/mol. The minimum atomic E-state index is 0.712. The Morgan fingerprint density at radius 2 is 1.93 bits per heavy atom. The summed E-state index contributed by atoms with van der Waals surface area (Å²) in [5.41, 5.74) is 1.89. The molecule has 0 N–H and O–H groups in total. The van der Waals surface area contributed by atoms with Gasteiger partial charge in [0.1, 0.15) is 0 Å². The van der Waals surface area contributed by atoms with E-state index in [1.807, 2.05) is 30.3 Å². The Hall–Kier alpha value is -0.380. The van der Waals surface area contributed by atoms with E-state index in [1.54, 1.807) is 6.20 Å². The fourth-order valence-corrected chi connectivity index (χ4v) is 2.67. The largest absolute Gasteiger partial charge is 0.254 e. The van der Waals surface area contributed by atoms with Crippen molar-refractivity contribution < 1.29 is 0 Å². The molecule has 0 atom stereocenters. The zero-order chi connectivity index (χ0) is 10.8. The van der Waals surface area contributed by atoms with Gasteiger partial charge in [-0.1, -0.05) is 23.7 Å². The molecule has 76 valence electrons. The summed E-state index contributed by atoms with van der Waals surface area (Å²) in [5, 5.41) is 0.712. The van der Waals surface area contributed by atoms with Crippen LogP contribution in [0.4, 0.5) is 0 Å². The highest BCUT2D eigenvalue weighted by atomic mass is 79.9. The lowest BCUT2D eigenvalue weighted by Crippen LogP contribution is -1.85. The van der Waals surface area contributed by atoms with E-state index in [1.165, 1.54) is 0 Å². The number of hydrogen-bond donors (Lipinski definition) is 0. The molecule has 0 saturated carbocycles. The summed E-state index contributed by atoms with van der Waals surface area (Å²) in [6.07, 6.45) is 1.76. The third-order valence-electron chi connectivity index (χ3n) is 1.91. The van der Waals surface area contributed by atoms with Crippen LogP contribution >= 0.6 is 43.5 Å². The first-order valence-corrected chi connectivity index (χ1v) is 6.20. The number of rotatable bonds is 1. The van der Waals surface area contributed by atoms with Crippen molar-refractivity contribution in [1.82, 2.24) is 4.98 Å². The second-order valence-corrected chi connectivity index (χ2v) is 5.20. The summed E-state index contributed by atoms with van der Waals surface area (Å²) in [5.74, 6) is 0. The molecule has 0 fully saturated rings. The maximum absolute atomic E-state index is 5.93. The van der Waals surface area contributed by atoms with Crippen molar-refractivity contribution in [1.29, 1.82) is 0 Å². The van der Waals surface area contributed by atoms with E-state index in [2.05, 4.69) is 36.8 Å². The summed E-state index contributed by atoms with van der Waals surface area (Å²) < 4.78 is 1.89. The van der Waals surface area contributed by atoms with Crippen LogP contribution in [0.1, 0.15) is 0 Å². The summed E-state index contributed by atoms with van der Waals surface area (Å²) in [6, 6.07) is 9.59. The Morgan fingerprint density at radius 1 is 1.13 bits per heavy atom. The van der Waals surface area contributed by atoms with Crippen LogP contribution in [0.3, 0.4) is 0 Å². The van der Waals surface area contributed by atoms with E-state index in [-0.39, 0.29) is 0 Å². The third-order valence-corrected chi connectivity index (χ3v) is 3.18. The van der Waals surface area contributed by atoms with Crippen LogP contribution in [0, 0.1) is 0 Å². The fraction of sp³-hybridized carbons (Fsp3) is 0. The molecule has 4 heteroatoms. The van der Waals surface area contributed by atoms with Gasteiger partial charge in [0.15, 0.2) is 0 Å². The zero-order valence-electron chi connectivity index (χ0n) is 7.55. The molecule has 0 spiro atoms.